The highest BCUT2D eigenvalue weighted by Gasteiger charge is 2.25. The first kappa shape index (κ1) is 15.9. The molecule has 2 aromatic heterocycles. The summed E-state index contributed by atoms with van der Waals surface area (Å²) in [5.74, 6) is 1.54. The van der Waals surface area contributed by atoms with Crippen LogP contribution in [0.2, 0.25) is 0 Å². The number of hydrogen-bond donors (Lipinski definition) is 1. The molecule has 1 N–H and O–H groups in total. The highest BCUT2D eigenvalue weighted by molar-refractivity contribution is 7.10. The Balaban J connectivity index is 1.60. The van der Waals surface area contributed by atoms with Gasteiger partial charge in [-0.15, -0.1) is 11.3 Å². The summed E-state index contributed by atoms with van der Waals surface area (Å²) in [6.45, 7) is 1.70. The molecule has 1 fully saturated rings. The summed E-state index contributed by atoms with van der Waals surface area (Å²) in [7, 11) is 1.87. The molecule has 1 atom stereocenters. The van der Waals surface area contributed by atoms with E-state index in [-0.39, 0.29) is 5.91 Å². The van der Waals surface area contributed by atoms with Gasteiger partial charge < -0.3 is 10.2 Å². The quantitative estimate of drug-likeness (QED) is 0.915. The maximum Gasteiger partial charge on any atom is 0.227 e. The van der Waals surface area contributed by atoms with E-state index in [1.54, 1.807) is 23.7 Å². The first-order chi connectivity index (χ1) is 11.3. The van der Waals surface area contributed by atoms with Crippen molar-refractivity contribution < 1.29 is 4.79 Å². The average Bonchev–Trinajstić information content (AvgIpc) is 3.08. The fourth-order valence-electron chi connectivity index (χ4n) is 3.13. The molecule has 0 bridgehead atoms. The van der Waals surface area contributed by atoms with E-state index in [2.05, 4.69) is 15.3 Å². The maximum absolute atomic E-state index is 12.5. The predicted molar refractivity (Wildman–Crippen MR) is 92.6 cm³/mol. The zero-order chi connectivity index (χ0) is 16.1. The van der Waals surface area contributed by atoms with Gasteiger partial charge in [0.1, 0.15) is 5.82 Å². The van der Waals surface area contributed by atoms with Gasteiger partial charge >= 0.3 is 0 Å². The summed E-state index contributed by atoms with van der Waals surface area (Å²) in [5.41, 5.74) is 0.993. The Morgan fingerprint density at radius 3 is 3.09 bits per heavy atom. The number of piperidine rings is 1. The van der Waals surface area contributed by atoms with Gasteiger partial charge in [0.2, 0.25) is 5.91 Å². The highest BCUT2D eigenvalue weighted by atomic mass is 32.1. The minimum absolute atomic E-state index is 0.241. The molecule has 6 heteroatoms. The van der Waals surface area contributed by atoms with E-state index in [0.717, 1.165) is 48.7 Å². The van der Waals surface area contributed by atoms with Crippen molar-refractivity contribution in [2.24, 2.45) is 5.92 Å². The molecule has 3 rings (SSSR count). The monoisotopic (exact) mass is 330 g/mol. The van der Waals surface area contributed by atoms with Gasteiger partial charge in [-0.1, -0.05) is 6.07 Å². The van der Waals surface area contributed by atoms with E-state index in [1.807, 2.05) is 29.5 Å². The molecule has 23 heavy (non-hydrogen) atoms. The lowest BCUT2D eigenvalue weighted by Crippen LogP contribution is -2.41. The summed E-state index contributed by atoms with van der Waals surface area (Å²) >= 11 is 1.65. The molecule has 1 aliphatic rings. The smallest absolute Gasteiger partial charge is 0.227 e. The minimum atomic E-state index is 0.241. The molecule has 1 saturated heterocycles. The number of likely N-dealkylation sites (tertiary alicyclic amines) is 1. The van der Waals surface area contributed by atoms with Crippen LogP contribution in [-0.2, 0) is 17.6 Å². The number of nitrogens with zero attached hydrogens (tertiary/aromatic N) is 3. The number of aromatic nitrogens is 2. The van der Waals surface area contributed by atoms with E-state index in [1.165, 1.54) is 0 Å². The van der Waals surface area contributed by atoms with Crippen molar-refractivity contribution in [3.63, 3.8) is 0 Å². The number of rotatable bonds is 5. The van der Waals surface area contributed by atoms with Gasteiger partial charge in [-0.05, 0) is 36.6 Å². The third kappa shape index (κ3) is 4.07. The molecule has 122 valence electrons. The van der Waals surface area contributed by atoms with E-state index in [4.69, 9.17) is 0 Å². The van der Waals surface area contributed by atoms with Crippen LogP contribution in [0.4, 0.5) is 5.82 Å². The zero-order valence-electron chi connectivity index (χ0n) is 13.4. The van der Waals surface area contributed by atoms with Crippen LogP contribution in [0, 0.1) is 5.92 Å². The fraction of sp³-hybridized carbons (Fsp3) is 0.471. The fourth-order valence-corrected chi connectivity index (χ4v) is 3.83. The molecule has 0 radical (unpaired) electrons. The Labute approximate surface area is 140 Å². The normalized spacial score (nSPS) is 18.0. The molecular weight excluding hydrogens is 308 g/mol. The van der Waals surface area contributed by atoms with E-state index >= 15 is 0 Å². The molecule has 5 nitrogen and oxygen atoms in total. The van der Waals surface area contributed by atoms with Crippen LogP contribution in [0.25, 0.3) is 0 Å². The summed E-state index contributed by atoms with van der Waals surface area (Å²) in [5, 5.41) is 5.12. The van der Waals surface area contributed by atoms with Crippen LogP contribution in [-0.4, -0.2) is 40.9 Å². The zero-order valence-corrected chi connectivity index (χ0v) is 14.2. The Morgan fingerprint density at radius 1 is 1.43 bits per heavy atom. The summed E-state index contributed by atoms with van der Waals surface area (Å²) < 4.78 is 0. The first-order valence-corrected chi connectivity index (χ1v) is 8.92. The van der Waals surface area contributed by atoms with E-state index in [0.29, 0.717) is 12.3 Å². The molecule has 1 amide bonds. The van der Waals surface area contributed by atoms with Crippen molar-refractivity contribution in [2.45, 2.75) is 25.7 Å². The number of nitrogens with one attached hydrogen (secondary N) is 1. The van der Waals surface area contributed by atoms with Crippen molar-refractivity contribution in [2.75, 3.05) is 25.5 Å². The number of carbonyl (C=O) groups excluding carboxylic acids is 1. The topological polar surface area (TPSA) is 58.1 Å². The van der Waals surface area contributed by atoms with Gasteiger partial charge in [-0.3, -0.25) is 9.78 Å². The lowest BCUT2D eigenvalue weighted by Gasteiger charge is -2.33. The minimum Gasteiger partial charge on any atom is -0.372 e. The van der Waals surface area contributed by atoms with Crippen LogP contribution in [0.15, 0.2) is 29.9 Å². The molecule has 3 heterocycles. The third-order valence-corrected chi connectivity index (χ3v) is 5.15. The van der Waals surface area contributed by atoms with Crippen LogP contribution in [0.3, 0.4) is 0 Å². The molecular formula is C17H22N4OS. The van der Waals surface area contributed by atoms with E-state index < -0.39 is 0 Å². The largest absolute Gasteiger partial charge is 0.372 e. The Morgan fingerprint density at radius 2 is 2.30 bits per heavy atom. The van der Waals surface area contributed by atoms with Crippen LogP contribution in [0.5, 0.6) is 0 Å². The number of thiophene rings is 1. The molecule has 0 unspecified atom stereocenters. The van der Waals surface area contributed by atoms with Crippen LogP contribution in [0.1, 0.15) is 23.4 Å². The Hall–Kier alpha value is -1.95. The summed E-state index contributed by atoms with van der Waals surface area (Å²) in [6.07, 6.45) is 7.04. The van der Waals surface area contributed by atoms with Gasteiger partial charge in [0.15, 0.2) is 0 Å². The SMILES string of the molecule is CNc1nccnc1C[C@H]1CCCN(C(=O)Cc2cccs2)C1. The second kappa shape index (κ2) is 7.55. The van der Waals surface area contributed by atoms with Gasteiger partial charge in [-0.2, -0.15) is 0 Å². The van der Waals surface area contributed by atoms with Crippen molar-refractivity contribution in [3.8, 4) is 0 Å². The molecule has 0 aliphatic carbocycles. The van der Waals surface area contributed by atoms with Gasteiger partial charge in [0, 0.05) is 37.4 Å². The van der Waals surface area contributed by atoms with Crippen LogP contribution >= 0.6 is 11.3 Å². The molecule has 2 aromatic rings. The van der Waals surface area contributed by atoms with Crippen LogP contribution < -0.4 is 5.32 Å². The van der Waals surface area contributed by atoms with Gasteiger partial charge in [-0.25, -0.2) is 4.98 Å². The number of anilines is 1. The highest BCUT2D eigenvalue weighted by Crippen LogP contribution is 2.23. The molecule has 0 spiro atoms. The Kier molecular flexibility index (Phi) is 5.23. The second-order valence-electron chi connectivity index (χ2n) is 5.91. The maximum atomic E-state index is 12.5. The standard InChI is InChI=1S/C17H22N4OS/c1-18-17-15(19-6-7-20-17)10-13-4-2-8-21(12-13)16(22)11-14-5-3-9-23-14/h3,5-7,9,13H,2,4,8,10-12H2,1H3,(H,18,20)/t13-/m1/s1. The average molecular weight is 330 g/mol. The number of amides is 1. The van der Waals surface area contributed by atoms with Gasteiger partial charge in [0.25, 0.3) is 0 Å². The Bertz CT molecular complexity index is 644. The lowest BCUT2D eigenvalue weighted by molar-refractivity contribution is -0.132. The summed E-state index contributed by atoms with van der Waals surface area (Å²) in [4.78, 5) is 24.4. The number of hydrogen-bond acceptors (Lipinski definition) is 5. The van der Waals surface area contributed by atoms with Crippen molar-refractivity contribution >= 4 is 23.1 Å². The van der Waals surface area contributed by atoms with Crippen molar-refractivity contribution in [3.05, 3.63) is 40.5 Å². The van der Waals surface area contributed by atoms with Crippen molar-refractivity contribution in [1.82, 2.24) is 14.9 Å². The molecule has 0 saturated carbocycles. The first-order valence-electron chi connectivity index (χ1n) is 8.04. The van der Waals surface area contributed by atoms with Gasteiger partial charge in [0.05, 0.1) is 12.1 Å². The summed E-state index contributed by atoms with van der Waals surface area (Å²) in [6, 6.07) is 4.03. The number of carbonyl (C=O) groups is 1. The second-order valence-corrected chi connectivity index (χ2v) is 6.94. The predicted octanol–water partition coefficient (Wildman–Crippen LogP) is 2.60. The third-order valence-electron chi connectivity index (χ3n) is 4.27. The lowest BCUT2D eigenvalue weighted by atomic mass is 9.93. The molecule has 1 aliphatic heterocycles. The molecule has 0 aromatic carbocycles. The van der Waals surface area contributed by atoms with E-state index in [9.17, 15) is 4.79 Å². The van der Waals surface area contributed by atoms with Crippen molar-refractivity contribution in [1.29, 1.82) is 0 Å².